The molecule has 1 N–H and O–H groups in total. The van der Waals surface area contributed by atoms with Gasteiger partial charge >= 0.3 is 0 Å². The van der Waals surface area contributed by atoms with E-state index < -0.39 is 11.7 Å². The molecule has 0 spiro atoms. The van der Waals surface area contributed by atoms with Crippen molar-refractivity contribution in [3.63, 3.8) is 0 Å². The van der Waals surface area contributed by atoms with E-state index in [2.05, 4.69) is 5.32 Å². The zero-order valence-electron chi connectivity index (χ0n) is 14.1. The van der Waals surface area contributed by atoms with Crippen LogP contribution in [-0.4, -0.2) is 25.0 Å². The normalized spacial score (nSPS) is 13.4. The minimum absolute atomic E-state index is 0.0299. The Morgan fingerprint density at radius 1 is 1.28 bits per heavy atom. The van der Waals surface area contributed by atoms with Crippen LogP contribution in [0.1, 0.15) is 24.2 Å². The molecular weight excluding hydrogens is 323 g/mol. The quantitative estimate of drug-likeness (QED) is 0.926. The van der Waals surface area contributed by atoms with Crippen LogP contribution in [0.4, 0.5) is 15.8 Å². The highest BCUT2D eigenvalue weighted by Crippen LogP contribution is 2.35. The lowest BCUT2D eigenvalue weighted by Gasteiger charge is -2.31. The molecule has 0 saturated carbocycles. The number of fused-ring (bicyclic) bond motifs is 1. The van der Waals surface area contributed by atoms with E-state index in [1.165, 1.54) is 18.2 Å². The van der Waals surface area contributed by atoms with Crippen molar-refractivity contribution in [1.82, 2.24) is 0 Å². The third-order valence-electron chi connectivity index (χ3n) is 3.83. The van der Waals surface area contributed by atoms with Gasteiger partial charge in [-0.25, -0.2) is 4.39 Å². The van der Waals surface area contributed by atoms with Crippen molar-refractivity contribution in [3.8, 4) is 5.75 Å². The summed E-state index contributed by atoms with van der Waals surface area (Å²) in [5.74, 6) is -0.377. The largest absolute Gasteiger partial charge is 0.481 e. The molecule has 2 aromatic rings. The van der Waals surface area contributed by atoms with Gasteiger partial charge in [0, 0.05) is 18.3 Å². The predicted octanol–water partition coefficient (Wildman–Crippen LogP) is 3.46. The first kappa shape index (κ1) is 17.0. The molecule has 2 aromatic carbocycles. The molecule has 0 fully saturated rings. The second kappa shape index (κ2) is 6.93. The van der Waals surface area contributed by atoms with Crippen molar-refractivity contribution in [2.45, 2.75) is 13.8 Å². The Labute approximate surface area is 145 Å². The predicted molar refractivity (Wildman–Crippen MR) is 93.5 cm³/mol. The second-order valence-corrected chi connectivity index (χ2v) is 6.30. The summed E-state index contributed by atoms with van der Waals surface area (Å²) in [6, 6.07) is 10.8. The molecule has 130 valence electrons. The average Bonchev–Trinajstić information content (AvgIpc) is 2.57. The van der Waals surface area contributed by atoms with Crippen LogP contribution in [0.25, 0.3) is 0 Å². The number of anilines is 2. The number of carbonyl (C=O) groups excluding carboxylic acids is 2. The lowest BCUT2D eigenvalue weighted by molar-refractivity contribution is -0.121. The lowest BCUT2D eigenvalue weighted by Crippen LogP contribution is -2.40. The number of hydrogen-bond acceptors (Lipinski definition) is 3. The number of amides is 2. The van der Waals surface area contributed by atoms with Gasteiger partial charge in [-0.2, -0.15) is 0 Å². The van der Waals surface area contributed by atoms with E-state index >= 15 is 0 Å². The third kappa shape index (κ3) is 3.63. The van der Waals surface area contributed by atoms with Gasteiger partial charge in [-0.1, -0.05) is 26.0 Å². The molecule has 1 aliphatic heterocycles. The minimum atomic E-state index is -0.581. The fourth-order valence-electron chi connectivity index (χ4n) is 2.69. The maximum Gasteiger partial charge on any atom is 0.265 e. The van der Waals surface area contributed by atoms with E-state index in [0.717, 1.165) is 0 Å². The van der Waals surface area contributed by atoms with Gasteiger partial charge in [0.2, 0.25) is 0 Å². The van der Waals surface area contributed by atoms with Crippen LogP contribution in [0.2, 0.25) is 0 Å². The van der Waals surface area contributed by atoms with Crippen LogP contribution in [0.5, 0.6) is 5.75 Å². The van der Waals surface area contributed by atoms with E-state index in [-0.39, 0.29) is 18.1 Å². The molecule has 25 heavy (non-hydrogen) atoms. The van der Waals surface area contributed by atoms with Crippen LogP contribution in [0.3, 0.4) is 0 Å². The fraction of sp³-hybridized carbons (Fsp3) is 0.263. The Morgan fingerprint density at radius 2 is 2.04 bits per heavy atom. The zero-order chi connectivity index (χ0) is 18.0. The van der Waals surface area contributed by atoms with Gasteiger partial charge in [-0.15, -0.1) is 0 Å². The van der Waals surface area contributed by atoms with Crippen molar-refractivity contribution in [1.29, 1.82) is 0 Å². The summed E-state index contributed by atoms with van der Waals surface area (Å²) in [6.45, 7) is 4.62. The van der Waals surface area contributed by atoms with Crippen LogP contribution in [-0.2, 0) is 4.79 Å². The van der Waals surface area contributed by atoms with Crippen molar-refractivity contribution in [3.05, 3.63) is 53.8 Å². The number of nitrogens with zero attached hydrogens (tertiary/aromatic N) is 1. The highest BCUT2D eigenvalue weighted by atomic mass is 19.1. The summed E-state index contributed by atoms with van der Waals surface area (Å²) in [5, 5.41) is 2.65. The molecule has 3 rings (SSSR count). The molecule has 1 heterocycles. The highest BCUT2D eigenvalue weighted by molar-refractivity contribution is 6.05. The van der Waals surface area contributed by atoms with E-state index in [0.29, 0.717) is 29.6 Å². The SMILES string of the molecule is CC(C)CN1C(=O)COc2cc(NC(=O)c3ccccc3F)ccc21. The van der Waals surface area contributed by atoms with Crippen molar-refractivity contribution in [2.75, 3.05) is 23.4 Å². The van der Waals surface area contributed by atoms with Gasteiger partial charge in [-0.05, 0) is 30.2 Å². The van der Waals surface area contributed by atoms with Crippen molar-refractivity contribution in [2.24, 2.45) is 5.92 Å². The Hall–Kier alpha value is -2.89. The standard InChI is InChI=1S/C19H19FN2O3/c1-12(2)10-22-16-8-7-13(9-17(16)25-11-18(22)23)21-19(24)14-5-3-4-6-15(14)20/h3-9,12H,10-11H2,1-2H3,(H,21,24). The van der Waals surface area contributed by atoms with Gasteiger partial charge in [0.1, 0.15) is 11.6 Å². The number of halogens is 1. The topological polar surface area (TPSA) is 58.6 Å². The molecule has 1 aliphatic rings. The smallest absolute Gasteiger partial charge is 0.265 e. The fourth-order valence-corrected chi connectivity index (χ4v) is 2.69. The van der Waals surface area contributed by atoms with Gasteiger partial charge in [-0.3, -0.25) is 9.59 Å². The molecule has 0 saturated heterocycles. The molecule has 2 amide bonds. The Morgan fingerprint density at radius 3 is 2.76 bits per heavy atom. The van der Waals surface area contributed by atoms with Gasteiger partial charge in [0.15, 0.2) is 6.61 Å². The van der Waals surface area contributed by atoms with Crippen molar-refractivity contribution >= 4 is 23.2 Å². The molecule has 6 heteroatoms. The van der Waals surface area contributed by atoms with Crippen LogP contribution >= 0.6 is 0 Å². The maximum absolute atomic E-state index is 13.7. The van der Waals surface area contributed by atoms with Crippen LogP contribution in [0, 0.1) is 11.7 Å². The number of benzene rings is 2. The number of nitrogens with one attached hydrogen (secondary N) is 1. The Balaban J connectivity index is 1.83. The Bertz CT molecular complexity index is 820. The second-order valence-electron chi connectivity index (χ2n) is 6.30. The van der Waals surface area contributed by atoms with E-state index in [9.17, 15) is 14.0 Å². The van der Waals surface area contributed by atoms with Crippen molar-refractivity contribution < 1.29 is 18.7 Å². The van der Waals surface area contributed by atoms with Gasteiger partial charge in [0.25, 0.3) is 11.8 Å². The van der Waals surface area contributed by atoms with E-state index in [4.69, 9.17) is 4.74 Å². The summed E-state index contributed by atoms with van der Waals surface area (Å²) in [6.07, 6.45) is 0. The summed E-state index contributed by atoms with van der Waals surface area (Å²) in [5.41, 5.74) is 1.12. The molecule has 5 nitrogen and oxygen atoms in total. The van der Waals surface area contributed by atoms with Gasteiger partial charge < -0.3 is 15.0 Å². The molecule has 0 aliphatic carbocycles. The number of hydrogen-bond donors (Lipinski definition) is 1. The van der Waals surface area contributed by atoms with E-state index in [1.54, 1.807) is 29.2 Å². The summed E-state index contributed by atoms with van der Waals surface area (Å²) in [7, 11) is 0. The summed E-state index contributed by atoms with van der Waals surface area (Å²) < 4.78 is 19.2. The molecule has 0 atom stereocenters. The number of rotatable bonds is 4. The zero-order valence-corrected chi connectivity index (χ0v) is 14.1. The lowest BCUT2D eigenvalue weighted by atomic mass is 10.1. The minimum Gasteiger partial charge on any atom is -0.481 e. The number of ether oxygens (including phenoxy) is 1. The monoisotopic (exact) mass is 342 g/mol. The molecule has 0 bridgehead atoms. The first-order valence-corrected chi connectivity index (χ1v) is 8.09. The van der Waals surface area contributed by atoms with Crippen LogP contribution < -0.4 is 15.0 Å². The van der Waals surface area contributed by atoms with Crippen LogP contribution in [0.15, 0.2) is 42.5 Å². The highest BCUT2D eigenvalue weighted by Gasteiger charge is 2.26. The molecule has 0 aromatic heterocycles. The third-order valence-corrected chi connectivity index (χ3v) is 3.83. The first-order chi connectivity index (χ1) is 12.0. The number of carbonyl (C=O) groups is 2. The maximum atomic E-state index is 13.7. The summed E-state index contributed by atoms with van der Waals surface area (Å²) in [4.78, 5) is 26.0. The molecule has 0 unspecified atom stereocenters. The summed E-state index contributed by atoms with van der Waals surface area (Å²) >= 11 is 0. The van der Waals surface area contributed by atoms with E-state index in [1.807, 2.05) is 13.8 Å². The first-order valence-electron chi connectivity index (χ1n) is 8.09. The molecule has 0 radical (unpaired) electrons. The molecular formula is C19H19FN2O3. The van der Waals surface area contributed by atoms with Gasteiger partial charge in [0.05, 0.1) is 11.3 Å². The average molecular weight is 342 g/mol. The Kier molecular flexibility index (Phi) is 4.70.